The summed E-state index contributed by atoms with van der Waals surface area (Å²) in [4.78, 5) is 23.8. The van der Waals surface area contributed by atoms with E-state index in [1.165, 1.54) is 24.4 Å². The van der Waals surface area contributed by atoms with Crippen LogP contribution in [0.4, 0.5) is 13.2 Å². The molecule has 1 aromatic carbocycles. The number of benzene rings is 1. The van der Waals surface area contributed by atoms with Crippen molar-refractivity contribution in [1.82, 2.24) is 15.1 Å². The van der Waals surface area contributed by atoms with Crippen molar-refractivity contribution in [2.24, 2.45) is 0 Å². The van der Waals surface area contributed by atoms with E-state index < -0.39 is 29.2 Å². The van der Waals surface area contributed by atoms with Gasteiger partial charge in [0.25, 0.3) is 5.91 Å². The van der Waals surface area contributed by atoms with E-state index in [4.69, 9.17) is 9.84 Å². The van der Waals surface area contributed by atoms with Crippen molar-refractivity contribution >= 4 is 11.9 Å². The second-order valence-electron chi connectivity index (χ2n) is 6.61. The van der Waals surface area contributed by atoms with E-state index in [-0.39, 0.29) is 17.8 Å². The monoisotopic (exact) mass is 397 g/mol. The molecule has 0 saturated carbocycles. The van der Waals surface area contributed by atoms with Gasteiger partial charge in [-0.25, -0.2) is 4.68 Å². The number of carboxylic acids is 1. The SMILES string of the molecule is O=C(O)CC1(NC(=O)c2ccn(-c3cccc(C(F)(F)F)c3)n2)CCOCC1. The Labute approximate surface area is 158 Å². The molecular formula is C18H18F3N3O4. The first-order valence-electron chi connectivity index (χ1n) is 8.54. The number of carbonyl (C=O) groups excluding carboxylic acids is 1. The third-order valence-electron chi connectivity index (χ3n) is 4.58. The van der Waals surface area contributed by atoms with Gasteiger partial charge < -0.3 is 15.2 Å². The van der Waals surface area contributed by atoms with Crippen LogP contribution in [0.5, 0.6) is 0 Å². The standard InChI is InChI=1S/C18H18F3N3O4/c19-18(20,21)12-2-1-3-13(10-12)24-7-4-14(23-24)16(27)22-17(11-15(25)26)5-8-28-9-6-17/h1-4,7,10H,5-6,8-9,11H2,(H,22,27)(H,25,26). The number of hydrogen-bond acceptors (Lipinski definition) is 4. The first-order valence-corrected chi connectivity index (χ1v) is 8.54. The fraction of sp³-hybridized carbons (Fsp3) is 0.389. The van der Waals surface area contributed by atoms with Gasteiger partial charge in [-0.2, -0.15) is 18.3 Å². The van der Waals surface area contributed by atoms with Crippen LogP contribution < -0.4 is 5.32 Å². The maximum atomic E-state index is 12.9. The minimum atomic E-state index is -4.49. The zero-order chi connectivity index (χ0) is 20.4. The molecule has 2 aromatic rings. The number of carboxylic acid groups (broad SMARTS) is 1. The summed E-state index contributed by atoms with van der Waals surface area (Å²) in [6, 6.07) is 5.93. The molecule has 1 fully saturated rings. The van der Waals surface area contributed by atoms with Crippen molar-refractivity contribution in [3.8, 4) is 5.69 Å². The van der Waals surface area contributed by atoms with Gasteiger partial charge in [0.05, 0.1) is 23.2 Å². The summed E-state index contributed by atoms with van der Waals surface area (Å²) in [6.07, 6.45) is -2.68. The first-order chi connectivity index (χ1) is 13.2. The second kappa shape index (κ2) is 7.63. The van der Waals surface area contributed by atoms with Gasteiger partial charge in [0.1, 0.15) is 0 Å². The molecule has 1 amide bonds. The number of nitrogens with one attached hydrogen (secondary N) is 1. The van der Waals surface area contributed by atoms with Crippen LogP contribution in [-0.4, -0.2) is 45.5 Å². The molecule has 1 saturated heterocycles. The van der Waals surface area contributed by atoms with Crippen LogP contribution >= 0.6 is 0 Å². The number of halogens is 3. The smallest absolute Gasteiger partial charge is 0.416 e. The fourth-order valence-electron chi connectivity index (χ4n) is 3.12. The summed E-state index contributed by atoms with van der Waals surface area (Å²) < 4.78 is 45.0. The number of alkyl halides is 3. The maximum absolute atomic E-state index is 12.9. The molecule has 150 valence electrons. The van der Waals surface area contributed by atoms with Gasteiger partial charge in [0.15, 0.2) is 5.69 Å². The first kappa shape index (κ1) is 19.9. The number of aromatic nitrogens is 2. The van der Waals surface area contributed by atoms with E-state index in [9.17, 15) is 22.8 Å². The quantitative estimate of drug-likeness (QED) is 0.809. The minimum Gasteiger partial charge on any atom is -0.481 e. The summed E-state index contributed by atoms with van der Waals surface area (Å²) in [7, 11) is 0. The topological polar surface area (TPSA) is 93.5 Å². The third-order valence-corrected chi connectivity index (χ3v) is 4.58. The van der Waals surface area contributed by atoms with Gasteiger partial charge >= 0.3 is 12.1 Å². The molecular weight excluding hydrogens is 379 g/mol. The van der Waals surface area contributed by atoms with Gasteiger partial charge in [0, 0.05) is 19.4 Å². The lowest BCUT2D eigenvalue weighted by atomic mass is 9.86. The summed E-state index contributed by atoms with van der Waals surface area (Å²) >= 11 is 0. The molecule has 1 aliphatic heterocycles. The van der Waals surface area contributed by atoms with Crippen LogP contribution in [0.15, 0.2) is 36.5 Å². The zero-order valence-corrected chi connectivity index (χ0v) is 14.7. The zero-order valence-electron chi connectivity index (χ0n) is 14.7. The predicted molar refractivity (Wildman–Crippen MR) is 91.1 cm³/mol. The van der Waals surface area contributed by atoms with E-state index >= 15 is 0 Å². The van der Waals surface area contributed by atoms with E-state index in [2.05, 4.69) is 10.4 Å². The largest absolute Gasteiger partial charge is 0.481 e. The Kier molecular flexibility index (Phi) is 5.41. The summed E-state index contributed by atoms with van der Waals surface area (Å²) in [5.74, 6) is -1.63. The van der Waals surface area contributed by atoms with Crippen LogP contribution in [0, 0.1) is 0 Å². The number of amides is 1. The van der Waals surface area contributed by atoms with Crippen molar-refractivity contribution in [1.29, 1.82) is 0 Å². The highest BCUT2D eigenvalue weighted by Crippen LogP contribution is 2.30. The van der Waals surface area contributed by atoms with Gasteiger partial charge in [0.2, 0.25) is 0 Å². The molecule has 0 unspecified atom stereocenters. The molecule has 1 aliphatic rings. The van der Waals surface area contributed by atoms with E-state index in [1.54, 1.807) is 0 Å². The van der Waals surface area contributed by atoms with E-state index in [1.807, 2.05) is 0 Å². The number of ether oxygens (including phenoxy) is 1. The van der Waals surface area contributed by atoms with Crippen LogP contribution in [0.3, 0.4) is 0 Å². The highest BCUT2D eigenvalue weighted by molar-refractivity contribution is 5.93. The number of rotatable bonds is 5. The van der Waals surface area contributed by atoms with Gasteiger partial charge in [-0.1, -0.05) is 6.07 Å². The van der Waals surface area contributed by atoms with Crippen molar-refractivity contribution in [2.45, 2.75) is 31.0 Å². The van der Waals surface area contributed by atoms with Crippen LogP contribution in [0.1, 0.15) is 35.3 Å². The van der Waals surface area contributed by atoms with Crippen LogP contribution in [-0.2, 0) is 15.7 Å². The Hall–Kier alpha value is -2.88. The number of nitrogens with zero attached hydrogens (tertiary/aromatic N) is 2. The average molecular weight is 397 g/mol. The molecule has 10 heteroatoms. The fourth-order valence-corrected chi connectivity index (χ4v) is 3.12. The van der Waals surface area contributed by atoms with Crippen molar-refractivity contribution in [2.75, 3.05) is 13.2 Å². The van der Waals surface area contributed by atoms with Crippen molar-refractivity contribution < 1.29 is 32.6 Å². The normalized spacial score (nSPS) is 16.5. The summed E-state index contributed by atoms with van der Waals surface area (Å²) in [5, 5.41) is 15.9. The maximum Gasteiger partial charge on any atom is 0.416 e. The lowest BCUT2D eigenvalue weighted by molar-refractivity contribution is -0.140. The Morgan fingerprint density at radius 1 is 1.25 bits per heavy atom. The summed E-state index contributed by atoms with van der Waals surface area (Å²) in [5.41, 5.74) is -1.63. The molecule has 2 heterocycles. The Balaban J connectivity index is 1.79. The molecule has 3 rings (SSSR count). The number of aliphatic carboxylic acids is 1. The molecule has 0 radical (unpaired) electrons. The highest BCUT2D eigenvalue weighted by atomic mass is 19.4. The Bertz CT molecular complexity index is 873. The number of carbonyl (C=O) groups is 2. The van der Waals surface area contributed by atoms with Crippen molar-refractivity contribution in [3.63, 3.8) is 0 Å². The molecule has 0 atom stereocenters. The average Bonchev–Trinajstić information content (AvgIpc) is 3.11. The van der Waals surface area contributed by atoms with Gasteiger partial charge in [-0.3, -0.25) is 9.59 Å². The molecule has 1 aromatic heterocycles. The minimum absolute atomic E-state index is 0.0198. The van der Waals surface area contributed by atoms with E-state index in [0.29, 0.717) is 26.1 Å². The van der Waals surface area contributed by atoms with Crippen LogP contribution in [0.2, 0.25) is 0 Å². The van der Waals surface area contributed by atoms with Gasteiger partial charge in [-0.05, 0) is 37.1 Å². The molecule has 0 spiro atoms. The molecule has 0 aliphatic carbocycles. The second-order valence-corrected chi connectivity index (χ2v) is 6.61. The molecule has 0 bridgehead atoms. The number of hydrogen-bond donors (Lipinski definition) is 2. The summed E-state index contributed by atoms with van der Waals surface area (Å²) in [6.45, 7) is 0.651. The van der Waals surface area contributed by atoms with Crippen LogP contribution in [0.25, 0.3) is 5.69 Å². The lowest BCUT2D eigenvalue weighted by Gasteiger charge is -2.36. The van der Waals surface area contributed by atoms with Gasteiger partial charge in [-0.15, -0.1) is 0 Å². The molecule has 28 heavy (non-hydrogen) atoms. The highest BCUT2D eigenvalue weighted by Gasteiger charge is 2.37. The van der Waals surface area contributed by atoms with Crippen molar-refractivity contribution in [3.05, 3.63) is 47.8 Å². The third kappa shape index (κ3) is 4.50. The molecule has 7 nitrogen and oxygen atoms in total. The predicted octanol–water partition coefficient (Wildman–Crippen LogP) is 2.64. The lowest BCUT2D eigenvalue weighted by Crippen LogP contribution is -2.53. The van der Waals surface area contributed by atoms with E-state index in [0.717, 1.165) is 16.8 Å². The molecule has 2 N–H and O–H groups in total. The Morgan fingerprint density at radius 3 is 2.61 bits per heavy atom. The Morgan fingerprint density at radius 2 is 1.96 bits per heavy atom.